The molecule has 3 aromatic rings. The van der Waals surface area contributed by atoms with E-state index < -0.39 is 6.10 Å². The molecule has 40 heavy (non-hydrogen) atoms. The van der Waals surface area contributed by atoms with E-state index >= 15 is 0 Å². The number of carbonyl (C=O) groups is 2. The molecule has 0 spiro atoms. The number of ether oxygens (including phenoxy) is 2. The predicted octanol–water partition coefficient (Wildman–Crippen LogP) is 5.32. The van der Waals surface area contributed by atoms with Crippen molar-refractivity contribution in [2.75, 3.05) is 39.9 Å². The highest BCUT2D eigenvalue weighted by atomic mass is 35.5. The van der Waals surface area contributed by atoms with Crippen LogP contribution >= 0.6 is 12.4 Å². The molecule has 2 amide bonds. The molecular formula is C32H39ClN2O5. The summed E-state index contributed by atoms with van der Waals surface area (Å²) in [6.07, 6.45) is 1.10. The number of amides is 2. The lowest BCUT2D eigenvalue weighted by atomic mass is 9.86. The van der Waals surface area contributed by atoms with E-state index in [0.717, 1.165) is 53.8 Å². The van der Waals surface area contributed by atoms with Gasteiger partial charge in [-0.25, -0.2) is 0 Å². The maximum atomic E-state index is 13.2. The lowest BCUT2D eigenvalue weighted by molar-refractivity contribution is 0.0451. The van der Waals surface area contributed by atoms with Crippen LogP contribution in [0.3, 0.4) is 0 Å². The van der Waals surface area contributed by atoms with E-state index in [2.05, 4.69) is 25.7 Å². The molecule has 8 heteroatoms. The van der Waals surface area contributed by atoms with Gasteiger partial charge in [0.05, 0.1) is 7.11 Å². The Morgan fingerprint density at radius 1 is 0.975 bits per heavy atom. The Bertz CT molecular complexity index is 1330. The number of aliphatic hydroxyl groups is 1. The quantitative estimate of drug-likeness (QED) is 0.372. The second kappa shape index (κ2) is 12.2. The summed E-state index contributed by atoms with van der Waals surface area (Å²) in [5.74, 6) is 1.37. The lowest BCUT2D eigenvalue weighted by Gasteiger charge is -2.36. The van der Waals surface area contributed by atoms with Crippen molar-refractivity contribution < 1.29 is 24.2 Å². The van der Waals surface area contributed by atoms with Gasteiger partial charge in [0.1, 0.15) is 24.2 Å². The van der Waals surface area contributed by atoms with Crippen LogP contribution in [0.5, 0.6) is 11.5 Å². The van der Waals surface area contributed by atoms with Crippen molar-refractivity contribution in [3.05, 3.63) is 71.3 Å². The molecule has 1 N–H and O–H groups in total. The van der Waals surface area contributed by atoms with Crippen LogP contribution in [0.2, 0.25) is 0 Å². The molecule has 214 valence electrons. The van der Waals surface area contributed by atoms with Crippen LogP contribution < -0.4 is 9.47 Å². The van der Waals surface area contributed by atoms with Crippen molar-refractivity contribution in [2.24, 2.45) is 5.92 Å². The van der Waals surface area contributed by atoms with Gasteiger partial charge in [-0.3, -0.25) is 14.5 Å². The average Bonchev–Trinajstić information content (AvgIpc) is 2.93. The summed E-state index contributed by atoms with van der Waals surface area (Å²) in [7, 11) is 1.65. The fourth-order valence-corrected chi connectivity index (χ4v) is 5.74. The first kappa shape index (κ1) is 29.8. The molecule has 5 rings (SSSR count). The molecule has 7 nitrogen and oxygen atoms in total. The molecule has 1 fully saturated rings. The number of imide groups is 1. The zero-order chi connectivity index (χ0) is 27.7. The molecule has 0 bridgehead atoms. The Labute approximate surface area is 242 Å². The monoisotopic (exact) mass is 566 g/mol. The van der Waals surface area contributed by atoms with Gasteiger partial charge < -0.3 is 19.5 Å². The Morgan fingerprint density at radius 2 is 1.60 bits per heavy atom. The second-order valence-corrected chi connectivity index (χ2v) is 11.8. The first-order valence-corrected chi connectivity index (χ1v) is 13.8. The maximum Gasteiger partial charge on any atom is 0.261 e. The number of methoxy groups -OCH3 is 1. The average molecular weight is 567 g/mol. The summed E-state index contributed by atoms with van der Waals surface area (Å²) in [6, 6.07) is 17.0. The third-order valence-electron chi connectivity index (χ3n) is 7.90. The number of nitrogens with zero attached hydrogens (tertiary/aromatic N) is 2. The summed E-state index contributed by atoms with van der Waals surface area (Å²) in [5, 5.41) is 12.4. The van der Waals surface area contributed by atoms with Crippen LogP contribution in [-0.4, -0.2) is 72.7 Å². The summed E-state index contributed by atoms with van der Waals surface area (Å²) in [4.78, 5) is 30.2. The van der Waals surface area contributed by atoms with Gasteiger partial charge in [0.2, 0.25) is 0 Å². The van der Waals surface area contributed by atoms with Crippen LogP contribution in [0.15, 0.2) is 54.6 Å². The molecule has 2 aliphatic heterocycles. The molecule has 0 aromatic heterocycles. The van der Waals surface area contributed by atoms with Crippen molar-refractivity contribution in [2.45, 2.75) is 45.1 Å². The first-order chi connectivity index (χ1) is 18.7. The summed E-state index contributed by atoms with van der Waals surface area (Å²) >= 11 is 0. The van der Waals surface area contributed by atoms with Gasteiger partial charge in [0.25, 0.3) is 11.8 Å². The zero-order valence-corrected chi connectivity index (χ0v) is 24.5. The van der Waals surface area contributed by atoms with Gasteiger partial charge in [-0.15, -0.1) is 12.4 Å². The number of hydrogen-bond acceptors (Lipinski definition) is 6. The molecule has 0 aliphatic carbocycles. The Hall–Kier alpha value is -3.13. The van der Waals surface area contributed by atoms with Crippen LogP contribution in [0.4, 0.5) is 0 Å². The number of carbonyl (C=O) groups excluding carboxylic acids is 2. The van der Waals surface area contributed by atoms with Crippen LogP contribution in [0, 0.1) is 5.92 Å². The molecule has 0 saturated carbocycles. The van der Waals surface area contributed by atoms with Gasteiger partial charge in [-0.1, -0.05) is 45.0 Å². The maximum absolute atomic E-state index is 13.2. The topological polar surface area (TPSA) is 79.3 Å². The number of likely N-dealkylation sites (tertiary alicyclic amines) is 1. The number of piperidine rings is 1. The highest BCUT2D eigenvalue weighted by Crippen LogP contribution is 2.35. The van der Waals surface area contributed by atoms with E-state index in [0.29, 0.717) is 24.2 Å². The van der Waals surface area contributed by atoms with Gasteiger partial charge in [-0.2, -0.15) is 0 Å². The molecule has 3 aromatic carbocycles. The highest BCUT2D eigenvalue weighted by Gasteiger charge is 2.35. The smallest absolute Gasteiger partial charge is 0.261 e. The van der Waals surface area contributed by atoms with Crippen molar-refractivity contribution >= 4 is 35.0 Å². The minimum absolute atomic E-state index is 0. The van der Waals surface area contributed by atoms with E-state index in [-0.39, 0.29) is 42.2 Å². The number of rotatable bonds is 8. The van der Waals surface area contributed by atoms with Crippen molar-refractivity contribution in [3.8, 4) is 11.5 Å². The molecular weight excluding hydrogens is 528 g/mol. The van der Waals surface area contributed by atoms with Crippen LogP contribution in [0.1, 0.15) is 59.9 Å². The second-order valence-electron chi connectivity index (χ2n) is 11.8. The Kier molecular flexibility index (Phi) is 9.08. The van der Waals surface area contributed by atoms with Gasteiger partial charge in [0, 0.05) is 35.2 Å². The van der Waals surface area contributed by atoms with Crippen LogP contribution in [0.25, 0.3) is 10.8 Å². The molecule has 2 aliphatic rings. The Morgan fingerprint density at radius 3 is 2.17 bits per heavy atom. The van der Waals surface area contributed by atoms with E-state index in [9.17, 15) is 14.7 Å². The van der Waals surface area contributed by atoms with E-state index in [1.165, 1.54) is 4.90 Å². The standard InChI is InChI=1S/C32H38N2O5.ClH/c1-32(2,3)27-17-24(38-4)11-12-28(27)39-20-23(35)19-33-15-13-21(14-16-33)18-34-30(36)25-9-5-7-22-8-6-10-26(29(22)25)31(34)37;/h5-12,17,21,23,35H,13-16,18-20H2,1-4H3;1H. The number of hydrogen-bond donors (Lipinski definition) is 1. The third kappa shape index (κ3) is 6.12. The summed E-state index contributed by atoms with van der Waals surface area (Å²) < 4.78 is 11.4. The van der Waals surface area contributed by atoms with E-state index in [4.69, 9.17) is 9.47 Å². The largest absolute Gasteiger partial charge is 0.497 e. The number of benzene rings is 3. The fraction of sp³-hybridized carbons (Fsp3) is 0.438. The molecule has 0 radical (unpaired) electrons. The number of halogens is 1. The molecule has 2 heterocycles. The van der Waals surface area contributed by atoms with E-state index in [1.807, 2.05) is 54.6 Å². The SMILES string of the molecule is COc1ccc(OCC(O)CN2CCC(CN3C(=O)c4cccc5cccc(c45)C3=O)CC2)c(C(C)(C)C)c1.Cl. The zero-order valence-electron chi connectivity index (χ0n) is 23.7. The molecule has 1 saturated heterocycles. The lowest BCUT2D eigenvalue weighted by Crippen LogP contribution is -2.46. The normalized spacial score (nSPS) is 17.1. The predicted molar refractivity (Wildman–Crippen MR) is 159 cm³/mol. The summed E-state index contributed by atoms with van der Waals surface area (Å²) in [5.41, 5.74) is 2.13. The summed E-state index contributed by atoms with van der Waals surface area (Å²) in [6.45, 7) is 9.13. The minimum Gasteiger partial charge on any atom is -0.497 e. The fourth-order valence-electron chi connectivity index (χ4n) is 5.74. The van der Waals surface area contributed by atoms with E-state index in [1.54, 1.807) is 7.11 Å². The van der Waals surface area contributed by atoms with Gasteiger partial charge >= 0.3 is 0 Å². The van der Waals surface area contributed by atoms with Crippen LogP contribution in [-0.2, 0) is 5.41 Å². The highest BCUT2D eigenvalue weighted by molar-refractivity contribution is 6.25. The Balaban J connectivity index is 0.00000370. The molecule has 1 unspecified atom stereocenters. The van der Waals surface area contributed by atoms with Crippen molar-refractivity contribution in [1.29, 1.82) is 0 Å². The van der Waals surface area contributed by atoms with Crippen molar-refractivity contribution in [1.82, 2.24) is 9.80 Å². The van der Waals surface area contributed by atoms with Gasteiger partial charge in [0.15, 0.2) is 0 Å². The molecule has 1 atom stereocenters. The first-order valence-electron chi connectivity index (χ1n) is 13.8. The van der Waals surface area contributed by atoms with Gasteiger partial charge in [-0.05, 0) is 73.0 Å². The van der Waals surface area contributed by atoms with Crippen molar-refractivity contribution in [3.63, 3.8) is 0 Å². The number of β-amino-alcohol motifs (C(OH)–C–C–N with tert-alkyl or cyclic N) is 1. The third-order valence-corrected chi connectivity index (χ3v) is 7.90. The minimum atomic E-state index is -0.626. The number of aliphatic hydroxyl groups excluding tert-OH is 1.